The molecule has 0 aliphatic carbocycles. The minimum Gasteiger partial charge on any atom is -0.348 e. The lowest BCUT2D eigenvalue weighted by Crippen LogP contribution is -2.23. The first-order valence-electron chi connectivity index (χ1n) is 8.38. The summed E-state index contributed by atoms with van der Waals surface area (Å²) >= 11 is 5.72. The molecule has 1 aromatic heterocycles. The first kappa shape index (κ1) is 18.6. The Balaban J connectivity index is 1.61. The van der Waals surface area contributed by atoms with Crippen molar-refractivity contribution in [2.24, 2.45) is 0 Å². The highest BCUT2D eigenvalue weighted by atomic mass is 35.5. The number of aryl methyl sites for hydroxylation is 1. The Morgan fingerprint density at radius 1 is 0.963 bits per heavy atom. The minimum atomic E-state index is -0.242. The molecule has 2 amide bonds. The summed E-state index contributed by atoms with van der Waals surface area (Å²) in [7, 11) is 0. The largest absolute Gasteiger partial charge is 0.348 e. The Bertz CT molecular complexity index is 954. The first-order valence-corrected chi connectivity index (χ1v) is 8.76. The van der Waals surface area contributed by atoms with Crippen LogP contribution in [0, 0.1) is 6.92 Å². The van der Waals surface area contributed by atoms with E-state index in [0.29, 0.717) is 28.5 Å². The third-order valence-corrected chi connectivity index (χ3v) is 4.16. The molecule has 5 nitrogen and oxygen atoms in total. The van der Waals surface area contributed by atoms with Crippen LogP contribution in [0.4, 0.5) is 5.69 Å². The molecule has 0 saturated carbocycles. The lowest BCUT2D eigenvalue weighted by Gasteiger charge is -2.09. The van der Waals surface area contributed by atoms with Crippen molar-refractivity contribution in [2.75, 3.05) is 5.32 Å². The average Bonchev–Trinajstić information content (AvgIpc) is 2.67. The van der Waals surface area contributed by atoms with E-state index in [1.165, 1.54) is 6.20 Å². The van der Waals surface area contributed by atoms with Gasteiger partial charge in [0.2, 0.25) is 0 Å². The molecule has 27 heavy (non-hydrogen) atoms. The molecule has 3 aromatic rings. The number of benzene rings is 2. The van der Waals surface area contributed by atoms with Crippen LogP contribution in [0.25, 0.3) is 0 Å². The van der Waals surface area contributed by atoms with Gasteiger partial charge in [0.25, 0.3) is 11.8 Å². The number of pyridine rings is 1. The van der Waals surface area contributed by atoms with E-state index in [-0.39, 0.29) is 11.8 Å². The summed E-state index contributed by atoms with van der Waals surface area (Å²) < 4.78 is 0. The maximum Gasteiger partial charge on any atom is 0.255 e. The summed E-state index contributed by atoms with van der Waals surface area (Å²) in [6.07, 6.45) is 1.43. The van der Waals surface area contributed by atoms with Crippen LogP contribution in [0.2, 0.25) is 5.15 Å². The molecule has 0 fully saturated rings. The molecule has 2 N–H and O–H groups in total. The normalized spacial score (nSPS) is 10.3. The summed E-state index contributed by atoms with van der Waals surface area (Å²) in [5.41, 5.74) is 3.66. The number of aromatic nitrogens is 1. The number of amides is 2. The van der Waals surface area contributed by atoms with Crippen LogP contribution in [-0.4, -0.2) is 16.8 Å². The van der Waals surface area contributed by atoms with E-state index in [2.05, 4.69) is 15.6 Å². The Labute approximate surface area is 162 Å². The lowest BCUT2D eigenvalue weighted by molar-refractivity contribution is 0.0949. The van der Waals surface area contributed by atoms with Crippen molar-refractivity contribution >= 4 is 29.1 Å². The number of anilines is 1. The molecule has 0 saturated heterocycles. The fraction of sp³-hybridized carbons (Fsp3) is 0.0952. The molecule has 0 bridgehead atoms. The lowest BCUT2D eigenvalue weighted by atomic mass is 10.1. The third kappa shape index (κ3) is 5.15. The van der Waals surface area contributed by atoms with E-state index < -0.39 is 0 Å². The van der Waals surface area contributed by atoms with Gasteiger partial charge in [0, 0.05) is 24.0 Å². The highest BCUT2D eigenvalue weighted by Crippen LogP contribution is 2.13. The van der Waals surface area contributed by atoms with Crippen molar-refractivity contribution in [3.8, 4) is 0 Å². The van der Waals surface area contributed by atoms with Crippen LogP contribution in [-0.2, 0) is 6.54 Å². The average molecular weight is 380 g/mol. The summed E-state index contributed by atoms with van der Waals surface area (Å²) in [4.78, 5) is 28.4. The molecule has 6 heteroatoms. The number of carbonyl (C=O) groups excluding carboxylic acids is 2. The molecular formula is C21H18ClN3O2. The van der Waals surface area contributed by atoms with Crippen LogP contribution in [0.3, 0.4) is 0 Å². The Hall–Kier alpha value is -3.18. The van der Waals surface area contributed by atoms with Gasteiger partial charge in [-0.25, -0.2) is 4.98 Å². The number of halogens is 1. The Kier molecular flexibility index (Phi) is 5.84. The van der Waals surface area contributed by atoms with Gasteiger partial charge in [-0.05, 0) is 48.9 Å². The van der Waals surface area contributed by atoms with Crippen LogP contribution in [0.5, 0.6) is 0 Å². The van der Waals surface area contributed by atoms with Gasteiger partial charge in [-0.3, -0.25) is 9.59 Å². The number of hydrogen-bond acceptors (Lipinski definition) is 3. The van der Waals surface area contributed by atoms with Gasteiger partial charge in [0.05, 0.1) is 5.56 Å². The number of nitrogens with one attached hydrogen (secondary N) is 2. The Morgan fingerprint density at radius 3 is 2.41 bits per heavy atom. The summed E-state index contributed by atoms with van der Waals surface area (Å²) in [6, 6.07) is 17.9. The molecule has 0 spiro atoms. The molecule has 1 heterocycles. The van der Waals surface area contributed by atoms with Crippen molar-refractivity contribution in [3.63, 3.8) is 0 Å². The summed E-state index contributed by atoms with van der Waals surface area (Å²) in [6.45, 7) is 2.30. The van der Waals surface area contributed by atoms with Gasteiger partial charge < -0.3 is 10.6 Å². The maximum atomic E-state index is 12.3. The SMILES string of the molecule is Cc1ccc(C(=O)Nc2cccc(CNC(=O)c3ccc(Cl)nc3)c2)cc1. The van der Waals surface area contributed by atoms with E-state index in [4.69, 9.17) is 11.6 Å². The van der Waals surface area contributed by atoms with Crippen LogP contribution in [0.1, 0.15) is 31.8 Å². The van der Waals surface area contributed by atoms with Crippen molar-refractivity contribution < 1.29 is 9.59 Å². The van der Waals surface area contributed by atoms with Gasteiger partial charge in [-0.15, -0.1) is 0 Å². The molecule has 0 aliphatic heterocycles. The number of carbonyl (C=O) groups is 2. The van der Waals surface area contributed by atoms with Gasteiger partial charge >= 0.3 is 0 Å². The van der Waals surface area contributed by atoms with E-state index in [0.717, 1.165) is 11.1 Å². The summed E-state index contributed by atoms with van der Waals surface area (Å²) in [5, 5.41) is 6.02. The van der Waals surface area contributed by atoms with Crippen molar-refractivity contribution in [2.45, 2.75) is 13.5 Å². The first-order chi connectivity index (χ1) is 13.0. The monoisotopic (exact) mass is 379 g/mol. The van der Waals surface area contributed by atoms with Gasteiger partial charge in [-0.2, -0.15) is 0 Å². The van der Waals surface area contributed by atoms with Crippen LogP contribution >= 0.6 is 11.6 Å². The molecule has 0 unspecified atom stereocenters. The second-order valence-electron chi connectivity index (χ2n) is 6.07. The van der Waals surface area contributed by atoms with Gasteiger partial charge in [0.1, 0.15) is 5.15 Å². The Morgan fingerprint density at radius 2 is 1.70 bits per heavy atom. The predicted octanol–water partition coefficient (Wildman–Crippen LogP) is 4.23. The topological polar surface area (TPSA) is 71.1 Å². The molecule has 0 atom stereocenters. The van der Waals surface area contributed by atoms with E-state index in [1.807, 2.05) is 37.3 Å². The van der Waals surface area contributed by atoms with Gasteiger partial charge in [0.15, 0.2) is 0 Å². The number of nitrogens with zero attached hydrogens (tertiary/aromatic N) is 1. The molecule has 2 aromatic carbocycles. The fourth-order valence-corrected chi connectivity index (χ4v) is 2.57. The van der Waals surface area contributed by atoms with Crippen molar-refractivity contribution in [3.05, 3.63) is 94.3 Å². The maximum absolute atomic E-state index is 12.3. The highest BCUT2D eigenvalue weighted by Gasteiger charge is 2.08. The minimum absolute atomic E-state index is 0.177. The smallest absolute Gasteiger partial charge is 0.255 e. The van der Waals surface area contributed by atoms with E-state index in [9.17, 15) is 9.59 Å². The van der Waals surface area contributed by atoms with E-state index >= 15 is 0 Å². The fourth-order valence-electron chi connectivity index (χ4n) is 2.46. The second-order valence-corrected chi connectivity index (χ2v) is 6.46. The van der Waals surface area contributed by atoms with Gasteiger partial charge in [-0.1, -0.05) is 41.4 Å². The predicted molar refractivity (Wildman–Crippen MR) is 106 cm³/mol. The second kappa shape index (κ2) is 8.47. The number of hydrogen-bond donors (Lipinski definition) is 2. The molecule has 3 rings (SSSR count). The van der Waals surface area contributed by atoms with Crippen LogP contribution < -0.4 is 10.6 Å². The highest BCUT2D eigenvalue weighted by molar-refractivity contribution is 6.29. The molecular weight excluding hydrogens is 362 g/mol. The van der Waals surface area contributed by atoms with Crippen molar-refractivity contribution in [1.82, 2.24) is 10.3 Å². The molecule has 0 radical (unpaired) electrons. The van der Waals surface area contributed by atoms with Crippen LogP contribution in [0.15, 0.2) is 66.9 Å². The molecule has 0 aliphatic rings. The zero-order chi connectivity index (χ0) is 19.2. The standard InChI is InChI=1S/C21H18ClN3O2/c1-14-5-7-16(8-6-14)21(27)25-18-4-2-3-15(11-18)12-24-20(26)17-9-10-19(22)23-13-17/h2-11,13H,12H2,1H3,(H,24,26)(H,25,27). The third-order valence-electron chi connectivity index (χ3n) is 3.94. The quantitative estimate of drug-likeness (QED) is 0.652. The molecule has 136 valence electrons. The van der Waals surface area contributed by atoms with Crippen molar-refractivity contribution in [1.29, 1.82) is 0 Å². The van der Waals surface area contributed by atoms with E-state index in [1.54, 1.807) is 30.3 Å². The summed E-state index contributed by atoms with van der Waals surface area (Å²) in [5.74, 6) is -0.420. The zero-order valence-electron chi connectivity index (χ0n) is 14.7. The zero-order valence-corrected chi connectivity index (χ0v) is 15.5. The number of rotatable bonds is 5.